The van der Waals surface area contributed by atoms with Crippen LogP contribution in [0, 0.1) is 0 Å². The lowest BCUT2D eigenvalue weighted by Crippen LogP contribution is -2.25. The van der Waals surface area contributed by atoms with Crippen molar-refractivity contribution in [2.75, 3.05) is 18.1 Å². The summed E-state index contributed by atoms with van der Waals surface area (Å²) in [5.41, 5.74) is 1.24. The van der Waals surface area contributed by atoms with Gasteiger partial charge in [-0.05, 0) is 61.0 Å². The number of rotatable bonds is 7. The molecule has 1 atom stereocenters. The highest BCUT2D eigenvalue weighted by molar-refractivity contribution is 6.30. The topological polar surface area (TPSA) is 47.4 Å². The van der Waals surface area contributed by atoms with E-state index in [2.05, 4.69) is 4.57 Å². The van der Waals surface area contributed by atoms with Crippen LogP contribution in [-0.4, -0.2) is 28.6 Å². The average Bonchev–Trinajstić information content (AvgIpc) is 3.43. The van der Waals surface area contributed by atoms with Crippen molar-refractivity contribution >= 4 is 34.2 Å². The SMILES string of the molecule is O=C1CC(c2nc3ccccc3n2CCCOc2ccc(Cl)cc2)CN1c1cccc(C(F)(F)F)c1. The third-order valence-corrected chi connectivity index (χ3v) is 6.52. The molecule has 1 saturated heterocycles. The van der Waals surface area contributed by atoms with E-state index >= 15 is 0 Å². The monoisotopic (exact) mass is 513 g/mol. The molecule has 3 aromatic carbocycles. The zero-order valence-corrected chi connectivity index (χ0v) is 20.0. The van der Waals surface area contributed by atoms with Crippen LogP contribution >= 0.6 is 11.6 Å². The fourth-order valence-electron chi connectivity index (χ4n) is 4.56. The Balaban J connectivity index is 1.35. The summed E-state index contributed by atoms with van der Waals surface area (Å²) < 4.78 is 47.5. The van der Waals surface area contributed by atoms with E-state index in [1.807, 2.05) is 36.4 Å². The number of hydrogen-bond donors (Lipinski definition) is 0. The number of aryl methyl sites for hydroxylation is 1. The zero-order chi connectivity index (χ0) is 25.3. The summed E-state index contributed by atoms with van der Waals surface area (Å²) in [6, 6.07) is 19.8. The Kier molecular flexibility index (Phi) is 6.62. The van der Waals surface area contributed by atoms with Gasteiger partial charge < -0.3 is 14.2 Å². The molecule has 2 heterocycles. The first-order valence-electron chi connectivity index (χ1n) is 11.6. The Bertz CT molecular complexity index is 1390. The predicted octanol–water partition coefficient (Wildman–Crippen LogP) is 6.70. The van der Waals surface area contributed by atoms with Crippen molar-refractivity contribution in [3.63, 3.8) is 0 Å². The van der Waals surface area contributed by atoms with Crippen LogP contribution in [0.5, 0.6) is 5.75 Å². The number of hydrogen-bond acceptors (Lipinski definition) is 3. The molecule has 1 fully saturated rings. The van der Waals surface area contributed by atoms with Crippen molar-refractivity contribution in [2.24, 2.45) is 0 Å². The van der Waals surface area contributed by atoms with Crippen LogP contribution in [0.4, 0.5) is 18.9 Å². The maximum absolute atomic E-state index is 13.2. The van der Waals surface area contributed by atoms with Crippen molar-refractivity contribution in [3.05, 3.63) is 89.2 Å². The van der Waals surface area contributed by atoms with Gasteiger partial charge in [-0.3, -0.25) is 4.79 Å². The first-order chi connectivity index (χ1) is 17.3. The fourth-order valence-corrected chi connectivity index (χ4v) is 4.69. The Labute approximate surface area is 211 Å². The second-order valence-corrected chi connectivity index (χ2v) is 9.16. The minimum atomic E-state index is -4.47. The van der Waals surface area contributed by atoms with E-state index in [9.17, 15) is 18.0 Å². The van der Waals surface area contributed by atoms with E-state index in [1.54, 1.807) is 12.1 Å². The van der Waals surface area contributed by atoms with Crippen LogP contribution < -0.4 is 9.64 Å². The number of benzene rings is 3. The summed E-state index contributed by atoms with van der Waals surface area (Å²) in [7, 11) is 0. The molecule has 0 N–H and O–H groups in total. The highest BCUT2D eigenvalue weighted by atomic mass is 35.5. The molecule has 1 unspecified atom stereocenters. The van der Waals surface area contributed by atoms with Gasteiger partial charge in [-0.1, -0.05) is 29.8 Å². The first-order valence-corrected chi connectivity index (χ1v) is 12.0. The molecule has 5 nitrogen and oxygen atoms in total. The van der Waals surface area contributed by atoms with Crippen molar-refractivity contribution in [3.8, 4) is 5.75 Å². The number of alkyl halides is 3. The molecule has 36 heavy (non-hydrogen) atoms. The molecule has 1 amide bonds. The van der Waals surface area contributed by atoms with Gasteiger partial charge in [0.05, 0.1) is 23.2 Å². The first kappa shape index (κ1) is 24.2. The van der Waals surface area contributed by atoms with Crippen LogP contribution in [-0.2, 0) is 17.5 Å². The average molecular weight is 514 g/mol. The summed E-state index contributed by atoms with van der Waals surface area (Å²) in [4.78, 5) is 19.1. The van der Waals surface area contributed by atoms with E-state index in [4.69, 9.17) is 21.3 Å². The molecule has 0 radical (unpaired) electrons. The van der Waals surface area contributed by atoms with E-state index in [1.165, 1.54) is 17.0 Å². The molecule has 0 bridgehead atoms. The second-order valence-electron chi connectivity index (χ2n) is 8.72. The van der Waals surface area contributed by atoms with Gasteiger partial charge in [0.2, 0.25) is 5.91 Å². The summed E-state index contributed by atoms with van der Waals surface area (Å²) in [6.07, 6.45) is -3.59. The number of fused-ring (bicyclic) bond motifs is 1. The third kappa shape index (κ3) is 5.04. The largest absolute Gasteiger partial charge is 0.494 e. The molecule has 1 aliphatic rings. The number of imidazole rings is 1. The molecule has 4 aromatic rings. The molecule has 5 rings (SSSR count). The molecular weight excluding hydrogens is 491 g/mol. The molecular formula is C27H23ClF3N3O2. The summed E-state index contributed by atoms with van der Waals surface area (Å²) in [6.45, 7) is 1.37. The van der Waals surface area contributed by atoms with E-state index < -0.39 is 11.7 Å². The Hall–Kier alpha value is -3.52. The number of anilines is 1. The van der Waals surface area contributed by atoms with Gasteiger partial charge in [-0.2, -0.15) is 13.2 Å². The van der Waals surface area contributed by atoms with Crippen molar-refractivity contribution in [1.82, 2.24) is 9.55 Å². The predicted molar refractivity (Wildman–Crippen MR) is 132 cm³/mol. The highest BCUT2D eigenvalue weighted by Crippen LogP contribution is 2.36. The number of para-hydroxylation sites is 2. The van der Waals surface area contributed by atoms with Gasteiger partial charge in [-0.25, -0.2) is 4.98 Å². The van der Waals surface area contributed by atoms with Crippen molar-refractivity contribution in [2.45, 2.75) is 31.5 Å². The number of amides is 1. The number of aromatic nitrogens is 2. The quantitative estimate of drug-likeness (QED) is 0.258. The molecule has 186 valence electrons. The fraction of sp³-hybridized carbons (Fsp3) is 0.259. The summed E-state index contributed by atoms with van der Waals surface area (Å²) in [5.74, 6) is 1.03. The van der Waals surface area contributed by atoms with Crippen LogP contribution in [0.2, 0.25) is 5.02 Å². The standard InChI is InChI=1S/C27H23ClF3N3O2/c28-20-9-11-22(12-10-20)36-14-4-13-33-24-8-2-1-7-23(24)32-26(33)18-15-25(35)34(17-18)21-6-3-5-19(16-21)27(29,30)31/h1-3,5-12,16,18H,4,13-15,17H2. The lowest BCUT2D eigenvalue weighted by atomic mass is 10.1. The van der Waals surface area contributed by atoms with E-state index in [0.717, 1.165) is 34.7 Å². The van der Waals surface area contributed by atoms with Crippen LogP contribution in [0.3, 0.4) is 0 Å². The lowest BCUT2D eigenvalue weighted by molar-refractivity contribution is -0.137. The number of nitrogens with zero attached hydrogens (tertiary/aromatic N) is 3. The van der Waals surface area contributed by atoms with Crippen LogP contribution in [0.1, 0.15) is 30.1 Å². The van der Waals surface area contributed by atoms with Gasteiger partial charge in [0.25, 0.3) is 0 Å². The summed E-state index contributed by atoms with van der Waals surface area (Å²) >= 11 is 5.92. The lowest BCUT2D eigenvalue weighted by Gasteiger charge is -2.19. The van der Waals surface area contributed by atoms with E-state index in [-0.39, 0.29) is 30.5 Å². The zero-order valence-electron chi connectivity index (χ0n) is 19.2. The Morgan fingerprint density at radius 2 is 1.81 bits per heavy atom. The second kappa shape index (κ2) is 9.85. The van der Waals surface area contributed by atoms with Gasteiger partial charge in [0, 0.05) is 36.1 Å². The molecule has 1 aliphatic heterocycles. The minimum Gasteiger partial charge on any atom is -0.494 e. The van der Waals surface area contributed by atoms with Gasteiger partial charge in [0.15, 0.2) is 0 Å². The van der Waals surface area contributed by atoms with Crippen LogP contribution in [0.15, 0.2) is 72.8 Å². The van der Waals surface area contributed by atoms with Gasteiger partial charge in [0.1, 0.15) is 11.6 Å². The number of carbonyl (C=O) groups excluding carboxylic acids is 1. The van der Waals surface area contributed by atoms with Crippen molar-refractivity contribution < 1.29 is 22.7 Å². The molecule has 0 saturated carbocycles. The third-order valence-electron chi connectivity index (χ3n) is 6.27. The molecule has 1 aromatic heterocycles. The molecule has 9 heteroatoms. The van der Waals surface area contributed by atoms with Gasteiger partial charge in [-0.15, -0.1) is 0 Å². The van der Waals surface area contributed by atoms with Crippen LogP contribution in [0.25, 0.3) is 11.0 Å². The minimum absolute atomic E-state index is 0.181. The normalized spacial score (nSPS) is 16.2. The Morgan fingerprint density at radius 3 is 2.58 bits per heavy atom. The number of ether oxygens (including phenoxy) is 1. The van der Waals surface area contributed by atoms with Gasteiger partial charge >= 0.3 is 6.18 Å². The maximum Gasteiger partial charge on any atom is 0.416 e. The highest BCUT2D eigenvalue weighted by Gasteiger charge is 2.36. The van der Waals surface area contributed by atoms with Crippen molar-refractivity contribution in [1.29, 1.82) is 0 Å². The number of carbonyl (C=O) groups is 1. The maximum atomic E-state index is 13.2. The Morgan fingerprint density at radius 1 is 1.03 bits per heavy atom. The smallest absolute Gasteiger partial charge is 0.416 e. The molecule has 0 spiro atoms. The molecule has 0 aliphatic carbocycles. The van der Waals surface area contributed by atoms with E-state index in [0.29, 0.717) is 24.6 Å². The summed E-state index contributed by atoms with van der Waals surface area (Å²) in [5, 5.41) is 0.641. The number of halogens is 4.